The minimum absolute atomic E-state index is 0.199. The Bertz CT molecular complexity index is 862. The maximum absolute atomic E-state index is 12.6. The van der Waals surface area contributed by atoms with Crippen LogP contribution in [0.3, 0.4) is 0 Å². The van der Waals surface area contributed by atoms with Gasteiger partial charge in [0.2, 0.25) is 0 Å². The van der Waals surface area contributed by atoms with Gasteiger partial charge in [0.15, 0.2) is 0 Å². The van der Waals surface area contributed by atoms with Crippen LogP contribution < -0.4 is 14.8 Å². The third-order valence-corrected chi connectivity index (χ3v) is 3.76. The Morgan fingerprint density at radius 1 is 0.846 bits per heavy atom. The van der Waals surface area contributed by atoms with E-state index in [2.05, 4.69) is 5.32 Å². The van der Waals surface area contributed by atoms with Crippen LogP contribution in [0, 0.1) is 6.92 Å². The smallest absolute Gasteiger partial charge is 0.259 e. The molecular weight excluding hydrogens is 326 g/mol. The van der Waals surface area contributed by atoms with Crippen molar-refractivity contribution in [2.75, 3.05) is 18.5 Å². The summed E-state index contributed by atoms with van der Waals surface area (Å²) in [5.41, 5.74) is 2.34. The number of aryl methyl sites for hydroxylation is 1. The predicted octanol–water partition coefficient (Wildman–Crippen LogP) is 4.71. The molecule has 0 saturated heterocycles. The Morgan fingerprint density at radius 3 is 2.38 bits per heavy atom. The second-order valence-corrected chi connectivity index (χ2v) is 5.83. The Morgan fingerprint density at radius 2 is 1.58 bits per heavy atom. The van der Waals surface area contributed by atoms with Crippen LogP contribution in [-0.4, -0.2) is 19.1 Å². The fourth-order valence-corrected chi connectivity index (χ4v) is 2.53. The number of para-hydroxylation sites is 2. The van der Waals surface area contributed by atoms with E-state index in [0.29, 0.717) is 24.5 Å². The fraction of sp³-hybridized carbons (Fsp3) is 0.136. The highest BCUT2D eigenvalue weighted by atomic mass is 16.5. The van der Waals surface area contributed by atoms with E-state index in [4.69, 9.17) is 9.47 Å². The molecule has 1 N–H and O–H groups in total. The number of carbonyl (C=O) groups excluding carboxylic acids is 1. The van der Waals surface area contributed by atoms with E-state index in [1.807, 2.05) is 73.7 Å². The van der Waals surface area contributed by atoms with Crippen molar-refractivity contribution in [1.82, 2.24) is 0 Å². The number of ether oxygens (including phenoxy) is 2. The summed E-state index contributed by atoms with van der Waals surface area (Å²) in [6.07, 6.45) is 0. The van der Waals surface area contributed by atoms with Crippen molar-refractivity contribution in [2.45, 2.75) is 6.92 Å². The number of rotatable bonds is 7. The lowest BCUT2D eigenvalue weighted by molar-refractivity contribution is 0.102. The van der Waals surface area contributed by atoms with Gasteiger partial charge in [0.25, 0.3) is 5.91 Å². The quantitative estimate of drug-likeness (QED) is 0.630. The molecule has 3 rings (SSSR count). The molecule has 1 amide bonds. The molecule has 0 fully saturated rings. The lowest BCUT2D eigenvalue weighted by atomic mass is 10.1. The lowest BCUT2D eigenvalue weighted by Gasteiger charge is -2.12. The maximum atomic E-state index is 12.6. The number of anilines is 1. The molecule has 0 aromatic heterocycles. The first-order chi connectivity index (χ1) is 12.7. The highest BCUT2D eigenvalue weighted by Crippen LogP contribution is 2.20. The van der Waals surface area contributed by atoms with Crippen LogP contribution in [0.25, 0.3) is 0 Å². The number of hydrogen-bond acceptors (Lipinski definition) is 3. The molecule has 0 unspecified atom stereocenters. The average molecular weight is 347 g/mol. The normalized spacial score (nSPS) is 10.2. The molecule has 4 nitrogen and oxygen atoms in total. The molecule has 0 radical (unpaired) electrons. The molecule has 0 bridgehead atoms. The van der Waals surface area contributed by atoms with Crippen molar-refractivity contribution in [1.29, 1.82) is 0 Å². The topological polar surface area (TPSA) is 47.6 Å². The Kier molecular flexibility index (Phi) is 5.88. The van der Waals surface area contributed by atoms with Gasteiger partial charge in [0, 0.05) is 5.69 Å². The predicted molar refractivity (Wildman–Crippen MR) is 103 cm³/mol. The molecule has 3 aromatic rings. The van der Waals surface area contributed by atoms with Crippen molar-refractivity contribution in [2.24, 2.45) is 0 Å². The molecule has 0 aliphatic carbocycles. The Balaban J connectivity index is 1.59. The number of amides is 1. The summed E-state index contributed by atoms with van der Waals surface area (Å²) in [5, 5.41) is 2.91. The summed E-state index contributed by atoms with van der Waals surface area (Å²) in [7, 11) is 0. The molecule has 0 spiro atoms. The van der Waals surface area contributed by atoms with Gasteiger partial charge < -0.3 is 14.8 Å². The molecular formula is C22H21NO3. The fourth-order valence-electron chi connectivity index (χ4n) is 2.53. The first kappa shape index (κ1) is 17.5. The molecule has 4 heteroatoms. The standard InChI is InChI=1S/C22H21NO3/c1-17-8-7-9-18(16-17)23-22(24)20-12-5-6-13-21(20)26-15-14-25-19-10-3-2-4-11-19/h2-13,16H,14-15H2,1H3,(H,23,24). The minimum atomic E-state index is -0.199. The second-order valence-electron chi connectivity index (χ2n) is 5.83. The number of carbonyl (C=O) groups is 1. The molecule has 0 saturated carbocycles. The van der Waals surface area contributed by atoms with Crippen LogP contribution >= 0.6 is 0 Å². The van der Waals surface area contributed by atoms with E-state index >= 15 is 0 Å². The SMILES string of the molecule is Cc1cccc(NC(=O)c2ccccc2OCCOc2ccccc2)c1. The number of benzene rings is 3. The number of hydrogen-bond donors (Lipinski definition) is 1. The molecule has 0 atom stereocenters. The Labute approximate surface area is 153 Å². The van der Waals surface area contributed by atoms with E-state index in [0.717, 1.165) is 17.0 Å². The summed E-state index contributed by atoms with van der Waals surface area (Å²) in [4.78, 5) is 12.6. The minimum Gasteiger partial charge on any atom is -0.490 e. The lowest BCUT2D eigenvalue weighted by Crippen LogP contribution is -2.15. The highest BCUT2D eigenvalue weighted by molar-refractivity contribution is 6.06. The Hall–Kier alpha value is -3.27. The van der Waals surface area contributed by atoms with Crippen molar-refractivity contribution in [3.05, 3.63) is 90.0 Å². The van der Waals surface area contributed by atoms with Crippen molar-refractivity contribution >= 4 is 11.6 Å². The summed E-state index contributed by atoms with van der Waals surface area (Å²) >= 11 is 0. The van der Waals surface area contributed by atoms with Gasteiger partial charge in [-0.3, -0.25) is 4.79 Å². The molecule has 26 heavy (non-hydrogen) atoms. The summed E-state index contributed by atoms with van der Waals surface area (Å²) < 4.78 is 11.4. The van der Waals surface area contributed by atoms with Gasteiger partial charge in [-0.25, -0.2) is 0 Å². The van der Waals surface area contributed by atoms with Gasteiger partial charge in [-0.05, 0) is 48.9 Å². The molecule has 0 heterocycles. The van der Waals surface area contributed by atoms with Gasteiger partial charge in [-0.1, -0.05) is 42.5 Å². The van der Waals surface area contributed by atoms with Crippen LogP contribution in [0.15, 0.2) is 78.9 Å². The molecule has 132 valence electrons. The molecule has 3 aromatic carbocycles. The third kappa shape index (κ3) is 4.86. The van der Waals surface area contributed by atoms with Gasteiger partial charge in [-0.15, -0.1) is 0 Å². The second kappa shape index (κ2) is 8.72. The zero-order valence-corrected chi connectivity index (χ0v) is 14.6. The summed E-state index contributed by atoms with van der Waals surface area (Å²) in [6.45, 7) is 2.74. The summed E-state index contributed by atoms with van der Waals surface area (Å²) in [5.74, 6) is 1.13. The van der Waals surface area contributed by atoms with Crippen molar-refractivity contribution in [3.8, 4) is 11.5 Å². The number of nitrogens with one attached hydrogen (secondary N) is 1. The first-order valence-electron chi connectivity index (χ1n) is 8.50. The van der Waals surface area contributed by atoms with E-state index in [-0.39, 0.29) is 5.91 Å². The molecule has 0 aliphatic heterocycles. The van der Waals surface area contributed by atoms with Gasteiger partial charge in [-0.2, -0.15) is 0 Å². The van der Waals surface area contributed by atoms with Crippen LogP contribution in [0.2, 0.25) is 0 Å². The zero-order valence-electron chi connectivity index (χ0n) is 14.6. The summed E-state index contributed by atoms with van der Waals surface area (Å²) in [6, 6.07) is 24.4. The van der Waals surface area contributed by atoms with E-state index in [1.165, 1.54) is 0 Å². The van der Waals surface area contributed by atoms with Gasteiger partial charge in [0.1, 0.15) is 24.7 Å². The van der Waals surface area contributed by atoms with E-state index < -0.39 is 0 Å². The van der Waals surface area contributed by atoms with Gasteiger partial charge >= 0.3 is 0 Å². The monoisotopic (exact) mass is 347 g/mol. The van der Waals surface area contributed by atoms with E-state index in [9.17, 15) is 4.79 Å². The van der Waals surface area contributed by atoms with Gasteiger partial charge in [0.05, 0.1) is 5.56 Å². The van der Waals surface area contributed by atoms with Crippen LogP contribution in [0.5, 0.6) is 11.5 Å². The third-order valence-electron chi connectivity index (χ3n) is 3.76. The van der Waals surface area contributed by atoms with Crippen LogP contribution in [0.1, 0.15) is 15.9 Å². The van der Waals surface area contributed by atoms with E-state index in [1.54, 1.807) is 12.1 Å². The highest BCUT2D eigenvalue weighted by Gasteiger charge is 2.12. The van der Waals surface area contributed by atoms with Crippen LogP contribution in [-0.2, 0) is 0 Å². The maximum Gasteiger partial charge on any atom is 0.259 e. The van der Waals surface area contributed by atoms with Crippen molar-refractivity contribution in [3.63, 3.8) is 0 Å². The van der Waals surface area contributed by atoms with Crippen LogP contribution in [0.4, 0.5) is 5.69 Å². The van der Waals surface area contributed by atoms with Crippen molar-refractivity contribution < 1.29 is 14.3 Å². The molecule has 0 aliphatic rings. The zero-order chi connectivity index (χ0) is 18.2. The largest absolute Gasteiger partial charge is 0.490 e. The average Bonchev–Trinajstić information content (AvgIpc) is 2.66. The first-order valence-corrected chi connectivity index (χ1v) is 8.50.